The maximum Gasteiger partial charge on any atom is 0.217 e. The molecule has 0 fully saturated rings. The van der Waals surface area contributed by atoms with Crippen LogP contribution in [0.4, 0.5) is 5.69 Å². The van der Waals surface area contributed by atoms with E-state index in [4.69, 9.17) is 12.2 Å². The van der Waals surface area contributed by atoms with Crippen LogP contribution >= 0.6 is 12.2 Å². The largest absolute Gasteiger partial charge is 0.493 e. The Morgan fingerprint density at radius 2 is 2.25 bits per heavy atom. The van der Waals surface area contributed by atoms with Crippen molar-refractivity contribution in [2.75, 3.05) is 0 Å². The lowest BCUT2D eigenvalue weighted by Gasteiger charge is -2.07. The Hall–Kier alpha value is -2.21. The standard InChI is InChI=1S/C14H14N4OS/c1-8(2)18-13(19)12(17-14(18)20)5-9-6-16-11-3-4-15-7-10(9)11/h3-8,19H,1-2H3,(H,17,20)/b9-5+. The summed E-state index contributed by atoms with van der Waals surface area (Å²) in [6.45, 7) is 3.94. The highest BCUT2D eigenvalue weighted by molar-refractivity contribution is 7.71. The third-order valence-corrected chi connectivity index (χ3v) is 3.50. The zero-order chi connectivity index (χ0) is 14.3. The summed E-state index contributed by atoms with van der Waals surface area (Å²) in [7, 11) is 0. The van der Waals surface area contributed by atoms with Gasteiger partial charge in [0.25, 0.3) is 0 Å². The van der Waals surface area contributed by atoms with Crippen molar-refractivity contribution in [2.24, 2.45) is 4.99 Å². The molecule has 0 saturated heterocycles. The van der Waals surface area contributed by atoms with Crippen LogP contribution in [-0.2, 0) is 0 Å². The van der Waals surface area contributed by atoms with Gasteiger partial charge in [0.1, 0.15) is 5.69 Å². The van der Waals surface area contributed by atoms with Crippen LogP contribution < -0.4 is 0 Å². The number of imidazole rings is 1. The van der Waals surface area contributed by atoms with Crippen LogP contribution in [0, 0.1) is 4.77 Å². The molecule has 1 aliphatic heterocycles. The highest BCUT2D eigenvalue weighted by Crippen LogP contribution is 2.33. The number of H-pyrrole nitrogens is 1. The van der Waals surface area contributed by atoms with E-state index in [1.165, 1.54) is 0 Å². The molecule has 0 atom stereocenters. The summed E-state index contributed by atoms with van der Waals surface area (Å²) in [5, 5.41) is 10.2. The quantitative estimate of drug-likeness (QED) is 0.831. The molecule has 3 rings (SSSR count). The Morgan fingerprint density at radius 3 is 2.95 bits per heavy atom. The van der Waals surface area contributed by atoms with Crippen LogP contribution in [-0.4, -0.2) is 25.9 Å². The summed E-state index contributed by atoms with van der Waals surface area (Å²) in [4.78, 5) is 11.4. The lowest BCUT2D eigenvalue weighted by Crippen LogP contribution is -1.99. The van der Waals surface area contributed by atoms with E-state index in [0.29, 0.717) is 10.5 Å². The molecule has 0 bridgehead atoms. The minimum atomic E-state index is 0.0945. The molecule has 0 spiro atoms. The van der Waals surface area contributed by atoms with Gasteiger partial charge in [-0.05, 0) is 38.2 Å². The van der Waals surface area contributed by atoms with E-state index in [0.717, 1.165) is 16.8 Å². The lowest BCUT2D eigenvalue weighted by atomic mass is 10.1. The van der Waals surface area contributed by atoms with Crippen LogP contribution in [0.2, 0.25) is 0 Å². The summed E-state index contributed by atoms with van der Waals surface area (Å²) >= 11 is 5.23. The van der Waals surface area contributed by atoms with E-state index in [9.17, 15) is 5.11 Å². The van der Waals surface area contributed by atoms with Gasteiger partial charge in [0.05, 0.1) is 5.69 Å². The fourth-order valence-corrected chi connectivity index (χ4v) is 2.65. The van der Waals surface area contributed by atoms with Crippen molar-refractivity contribution >= 4 is 35.8 Å². The topological polar surface area (TPSA) is 66.2 Å². The highest BCUT2D eigenvalue weighted by Gasteiger charge is 2.16. The van der Waals surface area contributed by atoms with Crippen LogP contribution in [0.5, 0.6) is 5.88 Å². The highest BCUT2D eigenvalue weighted by atomic mass is 32.1. The van der Waals surface area contributed by atoms with Gasteiger partial charge in [-0.2, -0.15) is 0 Å². The normalized spacial score (nSPS) is 15.2. The van der Waals surface area contributed by atoms with Crippen molar-refractivity contribution in [3.63, 3.8) is 0 Å². The van der Waals surface area contributed by atoms with Gasteiger partial charge in [-0.1, -0.05) is 0 Å². The number of nitrogens with zero attached hydrogens (tertiary/aromatic N) is 3. The SMILES string of the molecule is CC(C)n1c(O)c(/C=C2\C=Nc3ccncc32)[nH]c1=S. The molecule has 0 unspecified atom stereocenters. The van der Waals surface area contributed by atoms with Crippen molar-refractivity contribution in [1.29, 1.82) is 0 Å². The van der Waals surface area contributed by atoms with Crippen LogP contribution in [0.25, 0.3) is 11.6 Å². The van der Waals surface area contributed by atoms with Crippen LogP contribution in [0.1, 0.15) is 31.1 Å². The van der Waals surface area contributed by atoms with Gasteiger partial charge in [0.15, 0.2) is 4.77 Å². The first kappa shape index (κ1) is 12.8. The van der Waals surface area contributed by atoms with Gasteiger partial charge in [-0.15, -0.1) is 0 Å². The number of rotatable bonds is 2. The average molecular weight is 286 g/mol. The van der Waals surface area contributed by atoms with E-state index in [2.05, 4.69) is 15.0 Å². The first-order valence-corrected chi connectivity index (χ1v) is 6.72. The molecule has 0 amide bonds. The molecule has 0 saturated carbocycles. The van der Waals surface area contributed by atoms with Crippen molar-refractivity contribution in [1.82, 2.24) is 14.5 Å². The van der Waals surface area contributed by atoms with Gasteiger partial charge in [0, 0.05) is 35.8 Å². The number of aliphatic imine (C=N–C) groups is 1. The van der Waals surface area contributed by atoms with Crippen LogP contribution in [0.15, 0.2) is 23.5 Å². The minimum Gasteiger partial charge on any atom is -0.493 e. The van der Waals surface area contributed by atoms with Crippen molar-refractivity contribution in [2.45, 2.75) is 19.9 Å². The number of aromatic nitrogens is 3. The molecule has 2 N–H and O–H groups in total. The van der Waals surface area contributed by atoms with Crippen molar-refractivity contribution in [3.05, 3.63) is 34.5 Å². The second-order valence-electron chi connectivity index (χ2n) is 4.88. The third kappa shape index (κ3) is 1.98. The van der Waals surface area contributed by atoms with Gasteiger partial charge in [-0.3, -0.25) is 14.5 Å². The predicted octanol–water partition coefficient (Wildman–Crippen LogP) is 3.48. The van der Waals surface area contributed by atoms with Crippen molar-refractivity contribution < 1.29 is 5.11 Å². The second-order valence-corrected chi connectivity index (χ2v) is 5.27. The summed E-state index contributed by atoms with van der Waals surface area (Å²) in [5.74, 6) is 0.142. The van der Waals surface area contributed by atoms with Gasteiger partial charge >= 0.3 is 0 Å². The molecular formula is C14H14N4OS. The number of aromatic hydroxyl groups is 1. The smallest absolute Gasteiger partial charge is 0.217 e. The average Bonchev–Trinajstić information content (AvgIpc) is 2.93. The maximum absolute atomic E-state index is 10.2. The molecule has 0 aliphatic carbocycles. The number of pyridine rings is 1. The molecule has 3 heterocycles. The second kappa shape index (κ2) is 4.72. The Labute approximate surface area is 121 Å². The molecule has 1 aliphatic rings. The predicted molar refractivity (Wildman–Crippen MR) is 81.9 cm³/mol. The fraction of sp³-hybridized carbons (Fsp3) is 0.214. The Bertz CT molecular complexity index is 783. The molecule has 0 aromatic carbocycles. The zero-order valence-corrected chi connectivity index (χ0v) is 12.0. The van der Waals surface area contributed by atoms with E-state index < -0.39 is 0 Å². The summed E-state index contributed by atoms with van der Waals surface area (Å²) in [5.41, 5.74) is 3.31. The number of hydrogen-bond acceptors (Lipinski definition) is 4. The summed E-state index contributed by atoms with van der Waals surface area (Å²) < 4.78 is 2.18. The molecule has 20 heavy (non-hydrogen) atoms. The number of aromatic amines is 1. The molecule has 6 heteroatoms. The molecule has 2 aromatic heterocycles. The molecular weight excluding hydrogens is 272 g/mol. The molecule has 2 aromatic rings. The van der Waals surface area contributed by atoms with Crippen molar-refractivity contribution in [3.8, 4) is 5.88 Å². The minimum absolute atomic E-state index is 0.0945. The Kier molecular flexibility index (Phi) is 3.02. The first-order chi connectivity index (χ1) is 9.58. The van der Waals surface area contributed by atoms with Gasteiger partial charge < -0.3 is 10.1 Å². The number of nitrogens with one attached hydrogen (secondary N) is 1. The lowest BCUT2D eigenvalue weighted by molar-refractivity contribution is 0.397. The van der Waals surface area contributed by atoms with E-state index in [1.807, 2.05) is 26.0 Å². The monoisotopic (exact) mass is 286 g/mol. The number of allylic oxidation sites excluding steroid dienone is 1. The molecule has 5 nitrogen and oxygen atoms in total. The first-order valence-electron chi connectivity index (χ1n) is 6.31. The maximum atomic E-state index is 10.2. The summed E-state index contributed by atoms with van der Waals surface area (Å²) in [6.07, 6.45) is 7.06. The number of hydrogen-bond donors (Lipinski definition) is 2. The molecule has 102 valence electrons. The van der Waals surface area contributed by atoms with E-state index >= 15 is 0 Å². The Morgan fingerprint density at radius 1 is 1.45 bits per heavy atom. The van der Waals surface area contributed by atoms with Gasteiger partial charge in [0.2, 0.25) is 5.88 Å². The van der Waals surface area contributed by atoms with E-state index in [-0.39, 0.29) is 11.9 Å². The van der Waals surface area contributed by atoms with E-state index in [1.54, 1.807) is 23.2 Å². The van der Waals surface area contributed by atoms with Crippen LogP contribution in [0.3, 0.4) is 0 Å². The third-order valence-electron chi connectivity index (χ3n) is 3.20. The number of fused-ring (bicyclic) bond motifs is 1. The van der Waals surface area contributed by atoms with Gasteiger partial charge in [-0.25, -0.2) is 0 Å². The Balaban J connectivity index is 2.10. The zero-order valence-electron chi connectivity index (χ0n) is 11.2. The fourth-order valence-electron chi connectivity index (χ4n) is 2.24. The molecule has 0 radical (unpaired) electrons. The summed E-state index contributed by atoms with van der Waals surface area (Å²) in [6, 6.07) is 1.95.